The highest BCUT2D eigenvalue weighted by Gasteiger charge is 2.43. The van der Waals surface area contributed by atoms with Gasteiger partial charge in [0, 0.05) is 52.1 Å². The van der Waals surface area contributed by atoms with Crippen LogP contribution in [0.4, 0.5) is 4.79 Å². The molecule has 4 amide bonds. The average Bonchev–Trinajstić information content (AvgIpc) is 3.40. The lowest BCUT2D eigenvalue weighted by Crippen LogP contribution is -2.56. The molecule has 0 bridgehead atoms. The minimum atomic E-state index is -0.251. The molecule has 1 atom stereocenters. The molecule has 25 heavy (non-hydrogen) atoms. The number of carbonyl (C=O) groups is 3. The molecule has 2 heterocycles. The molecule has 0 aromatic rings. The average molecular weight is 350 g/mol. The van der Waals surface area contributed by atoms with Crippen molar-refractivity contribution in [3.05, 3.63) is 0 Å². The van der Waals surface area contributed by atoms with Crippen LogP contribution in [0, 0.1) is 11.3 Å². The van der Waals surface area contributed by atoms with Crippen molar-refractivity contribution >= 4 is 17.8 Å². The van der Waals surface area contributed by atoms with E-state index in [1.807, 2.05) is 9.80 Å². The topological polar surface area (TPSA) is 73.0 Å². The lowest BCUT2D eigenvalue weighted by atomic mass is 9.73. The molecule has 1 saturated carbocycles. The molecular formula is C18H30N4O3. The van der Waals surface area contributed by atoms with E-state index in [4.69, 9.17) is 0 Å². The van der Waals surface area contributed by atoms with E-state index in [0.29, 0.717) is 18.9 Å². The molecule has 2 aliphatic heterocycles. The lowest BCUT2D eigenvalue weighted by molar-refractivity contribution is -0.142. The molecule has 3 fully saturated rings. The second-order valence-electron chi connectivity index (χ2n) is 8.19. The molecule has 7 nitrogen and oxygen atoms in total. The molecule has 1 N–H and O–H groups in total. The number of carbonyl (C=O) groups excluding carboxylic acids is 3. The van der Waals surface area contributed by atoms with Crippen LogP contribution in [-0.2, 0) is 9.59 Å². The zero-order valence-corrected chi connectivity index (χ0v) is 15.4. The molecule has 3 aliphatic rings. The van der Waals surface area contributed by atoms with Crippen LogP contribution < -0.4 is 5.32 Å². The number of rotatable bonds is 4. The van der Waals surface area contributed by atoms with Crippen LogP contribution in [0.2, 0.25) is 0 Å². The van der Waals surface area contributed by atoms with Gasteiger partial charge in [-0.25, -0.2) is 4.79 Å². The zero-order chi connectivity index (χ0) is 18.0. The molecule has 0 radical (unpaired) electrons. The Bertz CT molecular complexity index is 546. The van der Waals surface area contributed by atoms with Gasteiger partial charge in [-0.05, 0) is 38.0 Å². The van der Waals surface area contributed by atoms with Crippen LogP contribution in [0.25, 0.3) is 0 Å². The summed E-state index contributed by atoms with van der Waals surface area (Å²) < 4.78 is 0. The summed E-state index contributed by atoms with van der Waals surface area (Å²) >= 11 is 0. The van der Waals surface area contributed by atoms with E-state index in [1.54, 1.807) is 14.1 Å². The van der Waals surface area contributed by atoms with E-state index in [2.05, 4.69) is 5.32 Å². The molecule has 0 unspecified atom stereocenters. The first kappa shape index (κ1) is 18.0. The van der Waals surface area contributed by atoms with Crippen LogP contribution >= 0.6 is 0 Å². The number of hydrogen-bond donors (Lipinski definition) is 1. The van der Waals surface area contributed by atoms with Gasteiger partial charge in [-0.2, -0.15) is 0 Å². The Hall–Kier alpha value is -1.79. The number of piperidine rings is 2. The van der Waals surface area contributed by atoms with Crippen molar-refractivity contribution in [1.29, 1.82) is 0 Å². The molecule has 0 aromatic carbocycles. The highest BCUT2D eigenvalue weighted by molar-refractivity contribution is 5.84. The Morgan fingerprint density at radius 1 is 1.24 bits per heavy atom. The maximum absolute atomic E-state index is 12.5. The maximum atomic E-state index is 12.5. The number of urea groups is 1. The highest BCUT2D eigenvalue weighted by atomic mass is 16.2. The van der Waals surface area contributed by atoms with Gasteiger partial charge in [-0.3, -0.25) is 9.59 Å². The third-order valence-electron chi connectivity index (χ3n) is 5.73. The molecule has 3 rings (SSSR count). The first-order chi connectivity index (χ1) is 11.9. The smallest absolute Gasteiger partial charge is 0.317 e. The van der Waals surface area contributed by atoms with Crippen molar-refractivity contribution in [2.75, 3.05) is 46.8 Å². The standard InChI is InChI=1S/C18H30N4O3/c1-20(2)17(25)19-10-16(24)21-9-3-7-18(12-21)8-6-15(23)22(13-18)11-14-4-5-14/h14H,3-13H2,1-2H3,(H,19,25)/t18-/m0/s1. The van der Waals surface area contributed by atoms with Crippen LogP contribution in [0.3, 0.4) is 0 Å². The van der Waals surface area contributed by atoms with Crippen LogP contribution in [-0.4, -0.2) is 79.4 Å². The fourth-order valence-electron chi connectivity index (χ4n) is 4.06. The Morgan fingerprint density at radius 3 is 2.68 bits per heavy atom. The van der Waals surface area contributed by atoms with Gasteiger partial charge >= 0.3 is 6.03 Å². The molecule has 1 spiro atoms. The Balaban J connectivity index is 1.56. The van der Waals surface area contributed by atoms with Crippen molar-refractivity contribution in [3.63, 3.8) is 0 Å². The number of nitrogens with one attached hydrogen (secondary N) is 1. The predicted octanol–water partition coefficient (Wildman–Crippen LogP) is 0.899. The fraction of sp³-hybridized carbons (Fsp3) is 0.833. The van der Waals surface area contributed by atoms with Gasteiger partial charge < -0.3 is 20.0 Å². The van der Waals surface area contributed by atoms with Crippen LogP contribution in [0.1, 0.15) is 38.5 Å². The predicted molar refractivity (Wildman–Crippen MR) is 93.9 cm³/mol. The molecule has 7 heteroatoms. The fourth-order valence-corrected chi connectivity index (χ4v) is 4.06. The SMILES string of the molecule is CN(C)C(=O)NCC(=O)N1CCC[C@]2(CCC(=O)N(CC3CC3)C2)C1. The highest BCUT2D eigenvalue weighted by Crippen LogP contribution is 2.40. The molecule has 2 saturated heterocycles. The van der Waals surface area contributed by atoms with Crippen molar-refractivity contribution < 1.29 is 14.4 Å². The van der Waals surface area contributed by atoms with Crippen molar-refractivity contribution in [1.82, 2.24) is 20.0 Å². The normalized spacial score (nSPS) is 26.7. The number of amides is 4. The van der Waals surface area contributed by atoms with Gasteiger partial charge in [0.2, 0.25) is 11.8 Å². The summed E-state index contributed by atoms with van der Waals surface area (Å²) in [5.41, 5.74) is 0.0439. The third-order valence-corrected chi connectivity index (χ3v) is 5.73. The Kier molecular flexibility index (Phi) is 5.20. The van der Waals surface area contributed by atoms with E-state index < -0.39 is 0 Å². The molecule has 1 aliphatic carbocycles. The summed E-state index contributed by atoms with van der Waals surface area (Å²) in [6.07, 6.45) is 6.01. The van der Waals surface area contributed by atoms with Gasteiger partial charge in [0.25, 0.3) is 0 Å². The summed E-state index contributed by atoms with van der Waals surface area (Å²) in [7, 11) is 3.31. The van der Waals surface area contributed by atoms with Crippen LogP contribution in [0.5, 0.6) is 0 Å². The summed E-state index contributed by atoms with van der Waals surface area (Å²) in [5, 5.41) is 2.65. The van der Waals surface area contributed by atoms with Gasteiger partial charge in [0.05, 0.1) is 6.54 Å². The molecular weight excluding hydrogens is 320 g/mol. The van der Waals surface area contributed by atoms with Gasteiger partial charge in [0.15, 0.2) is 0 Å². The minimum absolute atomic E-state index is 0.0279. The van der Waals surface area contributed by atoms with Crippen molar-refractivity contribution in [2.45, 2.75) is 38.5 Å². The summed E-state index contributed by atoms with van der Waals surface area (Å²) in [6.45, 7) is 3.18. The first-order valence-electron chi connectivity index (χ1n) is 9.39. The Morgan fingerprint density at radius 2 is 2.00 bits per heavy atom. The number of hydrogen-bond acceptors (Lipinski definition) is 3. The Labute approximate surface area is 149 Å². The molecule has 0 aromatic heterocycles. The van der Waals surface area contributed by atoms with Crippen LogP contribution in [0.15, 0.2) is 0 Å². The van der Waals surface area contributed by atoms with E-state index in [9.17, 15) is 14.4 Å². The van der Waals surface area contributed by atoms with Gasteiger partial charge in [-0.15, -0.1) is 0 Å². The summed E-state index contributed by atoms with van der Waals surface area (Å²) in [4.78, 5) is 41.7. The number of likely N-dealkylation sites (tertiary alicyclic amines) is 2. The zero-order valence-electron chi connectivity index (χ0n) is 15.4. The van der Waals surface area contributed by atoms with Gasteiger partial charge in [-0.1, -0.05) is 0 Å². The van der Waals surface area contributed by atoms with E-state index in [0.717, 1.165) is 38.9 Å². The maximum Gasteiger partial charge on any atom is 0.317 e. The lowest BCUT2D eigenvalue weighted by Gasteiger charge is -2.48. The quantitative estimate of drug-likeness (QED) is 0.819. The second kappa shape index (κ2) is 7.22. The summed E-state index contributed by atoms with van der Waals surface area (Å²) in [6, 6.07) is -0.251. The third kappa shape index (κ3) is 4.44. The molecule has 140 valence electrons. The van der Waals surface area contributed by atoms with E-state index in [-0.39, 0.29) is 29.8 Å². The second-order valence-corrected chi connectivity index (χ2v) is 8.19. The van der Waals surface area contributed by atoms with Crippen molar-refractivity contribution in [2.24, 2.45) is 11.3 Å². The number of nitrogens with zero attached hydrogens (tertiary/aromatic N) is 3. The monoisotopic (exact) mass is 350 g/mol. The van der Waals surface area contributed by atoms with Crippen molar-refractivity contribution in [3.8, 4) is 0 Å². The van der Waals surface area contributed by atoms with E-state index >= 15 is 0 Å². The summed E-state index contributed by atoms with van der Waals surface area (Å²) in [5.74, 6) is 0.945. The van der Waals surface area contributed by atoms with Gasteiger partial charge in [0.1, 0.15) is 0 Å². The minimum Gasteiger partial charge on any atom is -0.342 e. The first-order valence-corrected chi connectivity index (χ1v) is 9.39. The van der Waals surface area contributed by atoms with E-state index in [1.165, 1.54) is 17.7 Å². The largest absolute Gasteiger partial charge is 0.342 e.